The lowest BCUT2D eigenvalue weighted by molar-refractivity contribution is -0.137. The molecule has 0 aliphatic rings. The summed E-state index contributed by atoms with van der Waals surface area (Å²) >= 11 is 0. The molecule has 0 aliphatic heterocycles. The number of halogens is 3. The van der Waals surface area contributed by atoms with Crippen LogP contribution in [0, 0.1) is 5.92 Å². The van der Waals surface area contributed by atoms with Gasteiger partial charge in [-0.25, -0.2) is 0 Å². The van der Waals surface area contributed by atoms with Crippen LogP contribution in [0.25, 0.3) is 0 Å². The second-order valence-electron chi connectivity index (χ2n) is 6.13. The largest absolute Gasteiger partial charge is 0.416 e. The quantitative estimate of drug-likeness (QED) is 0.839. The molecule has 2 amide bonds. The van der Waals surface area contributed by atoms with Gasteiger partial charge in [-0.2, -0.15) is 13.2 Å². The fourth-order valence-electron chi connectivity index (χ4n) is 2.34. The summed E-state index contributed by atoms with van der Waals surface area (Å²) in [5.74, 6) is -1.26. The highest BCUT2D eigenvalue weighted by molar-refractivity contribution is 6.01. The standard InChI is InChI=1S/C19H19F3N2O2/c1-12(2)16(24-17(25)13-7-4-3-5-8-13)18(26)23-15-10-6-9-14(11-15)19(20,21)22/h3-12,16H,1-2H3,(H,23,26)(H,24,25). The van der Waals surface area contributed by atoms with Crippen LogP contribution in [-0.4, -0.2) is 17.9 Å². The number of rotatable bonds is 5. The van der Waals surface area contributed by atoms with Crippen molar-refractivity contribution in [3.63, 3.8) is 0 Å². The molecule has 0 aliphatic carbocycles. The molecule has 0 spiro atoms. The van der Waals surface area contributed by atoms with Crippen molar-refractivity contribution < 1.29 is 22.8 Å². The molecule has 2 rings (SSSR count). The fourth-order valence-corrected chi connectivity index (χ4v) is 2.34. The van der Waals surface area contributed by atoms with E-state index in [2.05, 4.69) is 10.6 Å². The van der Waals surface area contributed by atoms with Gasteiger partial charge in [0.05, 0.1) is 5.56 Å². The minimum absolute atomic E-state index is 0.0180. The number of nitrogens with one attached hydrogen (secondary N) is 2. The first-order valence-electron chi connectivity index (χ1n) is 8.02. The normalized spacial score (nSPS) is 12.5. The highest BCUT2D eigenvalue weighted by Gasteiger charge is 2.31. The second kappa shape index (κ2) is 8.03. The summed E-state index contributed by atoms with van der Waals surface area (Å²) in [6, 6.07) is 11.8. The van der Waals surface area contributed by atoms with Crippen LogP contribution in [0.2, 0.25) is 0 Å². The van der Waals surface area contributed by atoms with E-state index in [0.717, 1.165) is 12.1 Å². The molecule has 2 aromatic carbocycles. The molecule has 26 heavy (non-hydrogen) atoms. The number of carbonyl (C=O) groups excluding carboxylic acids is 2. The van der Waals surface area contributed by atoms with E-state index in [-0.39, 0.29) is 11.6 Å². The molecule has 0 aromatic heterocycles. The third kappa shape index (κ3) is 5.08. The van der Waals surface area contributed by atoms with Crippen LogP contribution in [0.1, 0.15) is 29.8 Å². The lowest BCUT2D eigenvalue weighted by atomic mass is 10.0. The first-order chi connectivity index (χ1) is 12.2. The molecule has 0 saturated heterocycles. The fraction of sp³-hybridized carbons (Fsp3) is 0.263. The van der Waals surface area contributed by atoms with Crippen LogP contribution in [0.15, 0.2) is 54.6 Å². The van der Waals surface area contributed by atoms with Gasteiger partial charge in [0.1, 0.15) is 6.04 Å². The number of benzene rings is 2. The van der Waals surface area contributed by atoms with Crippen molar-refractivity contribution >= 4 is 17.5 Å². The maximum atomic E-state index is 12.8. The maximum Gasteiger partial charge on any atom is 0.416 e. The van der Waals surface area contributed by atoms with Crippen molar-refractivity contribution in [1.82, 2.24) is 5.32 Å². The van der Waals surface area contributed by atoms with Gasteiger partial charge in [0, 0.05) is 11.3 Å². The van der Waals surface area contributed by atoms with E-state index in [9.17, 15) is 22.8 Å². The Labute approximate surface area is 149 Å². The smallest absolute Gasteiger partial charge is 0.340 e. The number of alkyl halides is 3. The SMILES string of the molecule is CC(C)C(NC(=O)c1ccccc1)C(=O)Nc1cccc(C(F)(F)F)c1. The van der Waals surface area contributed by atoms with Crippen LogP contribution in [-0.2, 0) is 11.0 Å². The summed E-state index contributed by atoms with van der Waals surface area (Å²) in [5, 5.41) is 5.06. The van der Waals surface area contributed by atoms with E-state index in [1.165, 1.54) is 12.1 Å². The average molecular weight is 364 g/mol. The van der Waals surface area contributed by atoms with Crippen LogP contribution in [0.3, 0.4) is 0 Å². The zero-order valence-electron chi connectivity index (χ0n) is 14.3. The molecule has 7 heteroatoms. The van der Waals surface area contributed by atoms with E-state index < -0.39 is 29.6 Å². The number of carbonyl (C=O) groups is 2. The Bertz CT molecular complexity index is 774. The molecular weight excluding hydrogens is 345 g/mol. The van der Waals surface area contributed by atoms with Crippen molar-refractivity contribution in [3.05, 3.63) is 65.7 Å². The molecule has 0 saturated carbocycles. The molecule has 0 fully saturated rings. The van der Waals surface area contributed by atoms with Crippen molar-refractivity contribution in [3.8, 4) is 0 Å². The van der Waals surface area contributed by atoms with Gasteiger partial charge in [0.15, 0.2) is 0 Å². The molecule has 138 valence electrons. The molecule has 1 atom stereocenters. The Morgan fingerprint density at radius 3 is 2.19 bits per heavy atom. The Balaban J connectivity index is 2.13. The topological polar surface area (TPSA) is 58.2 Å². The first kappa shape index (κ1) is 19.5. The predicted octanol–water partition coefficient (Wildman–Crippen LogP) is 4.10. The van der Waals surface area contributed by atoms with E-state index in [1.54, 1.807) is 44.2 Å². The zero-order chi connectivity index (χ0) is 19.3. The van der Waals surface area contributed by atoms with Gasteiger partial charge in [-0.15, -0.1) is 0 Å². The summed E-state index contributed by atoms with van der Waals surface area (Å²) in [5.41, 5.74) is -0.445. The Morgan fingerprint density at radius 1 is 0.962 bits per heavy atom. The van der Waals surface area contributed by atoms with Crippen molar-refractivity contribution in [2.24, 2.45) is 5.92 Å². The second-order valence-corrected chi connectivity index (χ2v) is 6.13. The maximum absolute atomic E-state index is 12.8. The van der Waals surface area contributed by atoms with Crippen LogP contribution in [0.5, 0.6) is 0 Å². The summed E-state index contributed by atoms with van der Waals surface area (Å²) in [6.45, 7) is 3.48. The first-order valence-corrected chi connectivity index (χ1v) is 8.02. The summed E-state index contributed by atoms with van der Waals surface area (Å²) in [7, 11) is 0. The Morgan fingerprint density at radius 2 is 1.62 bits per heavy atom. The van der Waals surface area contributed by atoms with Crippen molar-refractivity contribution in [2.45, 2.75) is 26.1 Å². The molecule has 0 radical (unpaired) electrons. The molecule has 2 aromatic rings. The monoisotopic (exact) mass is 364 g/mol. The van der Waals surface area contributed by atoms with Crippen LogP contribution in [0.4, 0.5) is 18.9 Å². The van der Waals surface area contributed by atoms with E-state index in [0.29, 0.717) is 5.56 Å². The molecule has 1 unspecified atom stereocenters. The van der Waals surface area contributed by atoms with E-state index >= 15 is 0 Å². The van der Waals surface area contributed by atoms with Gasteiger partial charge >= 0.3 is 6.18 Å². The number of amides is 2. The predicted molar refractivity (Wildman–Crippen MR) is 92.6 cm³/mol. The summed E-state index contributed by atoms with van der Waals surface area (Å²) in [4.78, 5) is 24.7. The lowest BCUT2D eigenvalue weighted by Gasteiger charge is -2.22. The van der Waals surface area contributed by atoms with Gasteiger partial charge in [0.2, 0.25) is 5.91 Å². The molecule has 4 nitrogen and oxygen atoms in total. The van der Waals surface area contributed by atoms with Gasteiger partial charge in [-0.3, -0.25) is 9.59 Å². The molecule has 0 heterocycles. The van der Waals surface area contributed by atoms with E-state index in [1.807, 2.05) is 0 Å². The van der Waals surface area contributed by atoms with Crippen LogP contribution < -0.4 is 10.6 Å². The number of hydrogen-bond acceptors (Lipinski definition) is 2. The van der Waals surface area contributed by atoms with Crippen molar-refractivity contribution in [1.29, 1.82) is 0 Å². The van der Waals surface area contributed by atoms with Gasteiger partial charge in [-0.1, -0.05) is 38.1 Å². The molecule has 2 N–H and O–H groups in total. The van der Waals surface area contributed by atoms with E-state index in [4.69, 9.17) is 0 Å². The minimum atomic E-state index is -4.50. The van der Waals surface area contributed by atoms with Gasteiger partial charge < -0.3 is 10.6 Å². The van der Waals surface area contributed by atoms with Gasteiger partial charge in [0.25, 0.3) is 5.91 Å². The average Bonchev–Trinajstić information content (AvgIpc) is 2.59. The highest BCUT2D eigenvalue weighted by atomic mass is 19.4. The zero-order valence-corrected chi connectivity index (χ0v) is 14.3. The number of anilines is 1. The van der Waals surface area contributed by atoms with Crippen molar-refractivity contribution in [2.75, 3.05) is 5.32 Å². The van der Waals surface area contributed by atoms with Crippen LogP contribution >= 0.6 is 0 Å². The lowest BCUT2D eigenvalue weighted by Crippen LogP contribution is -2.47. The summed E-state index contributed by atoms with van der Waals surface area (Å²) < 4.78 is 38.3. The summed E-state index contributed by atoms with van der Waals surface area (Å²) in [6.07, 6.45) is -4.50. The Kier molecular flexibility index (Phi) is 6.02. The third-order valence-corrected chi connectivity index (χ3v) is 3.73. The molecule has 0 bridgehead atoms. The van der Waals surface area contributed by atoms with Gasteiger partial charge in [-0.05, 0) is 36.2 Å². The molecular formula is C19H19F3N2O2. The third-order valence-electron chi connectivity index (χ3n) is 3.73. The number of hydrogen-bond donors (Lipinski definition) is 2. The Hall–Kier alpha value is -2.83. The highest BCUT2D eigenvalue weighted by Crippen LogP contribution is 2.30. The minimum Gasteiger partial charge on any atom is -0.340 e.